The van der Waals surface area contributed by atoms with Crippen LogP contribution in [-0.2, 0) is 14.7 Å². The van der Waals surface area contributed by atoms with Crippen LogP contribution in [0.4, 0.5) is 0 Å². The van der Waals surface area contributed by atoms with E-state index in [2.05, 4.69) is 9.22 Å². The molecule has 1 aromatic rings. The lowest BCUT2D eigenvalue weighted by molar-refractivity contribution is -0.102. The largest absolute Gasteiger partial charge is 0.432 e. The highest BCUT2D eigenvalue weighted by molar-refractivity contribution is 7.80. The lowest BCUT2D eigenvalue weighted by Crippen LogP contribution is -2.06. The van der Waals surface area contributed by atoms with Gasteiger partial charge >= 0.3 is 10.4 Å². The van der Waals surface area contributed by atoms with Gasteiger partial charge in [-0.15, -0.1) is 0 Å². The Morgan fingerprint density at radius 3 is 2.25 bits per heavy atom. The summed E-state index contributed by atoms with van der Waals surface area (Å²) in [6, 6.07) is 7.93. The third kappa shape index (κ3) is 3.33. The van der Waals surface area contributed by atoms with Crippen molar-refractivity contribution in [3.8, 4) is 5.75 Å². The van der Waals surface area contributed by atoms with Crippen molar-refractivity contribution in [3.63, 3.8) is 0 Å². The summed E-state index contributed by atoms with van der Waals surface area (Å²) >= 11 is 0. The average molecular weight is 190 g/mol. The maximum Gasteiger partial charge on any atom is 0.432 e. The number of para-hydroxylation sites is 1. The van der Waals surface area contributed by atoms with Crippen LogP contribution >= 0.6 is 0 Å². The van der Waals surface area contributed by atoms with E-state index in [1.165, 1.54) is 12.1 Å². The molecule has 0 fully saturated rings. The molecule has 0 aliphatic carbocycles. The van der Waals surface area contributed by atoms with Gasteiger partial charge in [-0.25, -0.2) is 0 Å². The summed E-state index contributed by atoms with van der Waals surface area (Å²) in [4.78, 5) is 4.23. The monoisotopic (exact) mass is 190 g/mol. The molecule has 1 rings (SSSR count). The normalized spacial score (nSPS) is 11.1. The number of rotatable bonds is 3. The highest BCUT2D eigenvalue weighted by Gasteiger charge is 2.05. The number of hydrogen-bond acceptors (Lipinski definition) is 4. The number of hydrogen-bond donors (Lipinski definition) is 1. The van der Waals surface area contributed by atoms with Crippen LogP contribution < -0.4 is 4.89 Å². The van der Waals surface area contributed by atoms with Crippen LogP contribution in [0.5, 0.6) is 5.75 Å². The van der Waals surface area contributed by atoms with E-state index >= 15 is 0 Å². The minimum Gasteiger partial charge on any atom is -0.319 e. The molecule has 0 radical (unpaired) electrons. The van der Waals surface area contributed by atoms with Crippen LogP contribution in [0.2, 0.25) is 0 Å². The van der Waals surface area contributed by atoms with E-state index in [-0.39, 0.29) is 5.75 Å². The van der Waals surface area contributed by atoms with Crippen molar-refractivity contribution in [3.05, 3.63) is 30.3 Å². The van der Waals surface area contributed by atoms with Crippen LogP contribution in [0.3, 0.4) is 0 Å². The fraction of sp³-hybridized carbons (Fsp3) is 0. The summed E-state index contributed by atoms with van der Waals surface area (Å²) in [6.07, 6.45) is 0. The van der Waals surface area contributed by atoms with Crippen LogP contribution in [0.15, 0.2) is 30.3 Å². The molecule has 0 amide bonds. The minimum absolute atomic E-state index is 0.190. The van der Waals surface area contributed by atoms with Gasteiger partial charge < -0.3 is 4.89 Å². The Morgan fingerprint density at radius 1 is 1.17 bits per heavy atom. The van der Waals surface area contributed by atoms with Crippen molar-refractivity contribution in [1.82, 2.24) is 0 Å². The Morgan fingerprint density at radius 2 is 1.75 bits per heavy atom. The summed E-state index contributed by atoms with van der Waals surface area (Å²) in [5, 5.41) is 0. The molecule has 66 valence electrons. The van der Waals surface area contributed by atoms with E-state index in [1.54, 1.807) is 18.2 Å². The average Bonchev–Trinajstić information content (AvgIpc) is 2.02. The molecule has 0 heterocycles. The summed E-state index contributed by atoms with van der Waals surface area (Å²) in [6.45, 7) is 0. The smallest absolute Gasteiger partial charge is 0.319 e. The molecule has 0 spiro atoms. The molecule has 6 heteroatoms. The predicted molar refractivity (Wildman–Crippen MR) is 39.7 cm³/mol. The van der Waals surface area contributed by atoms with Crippen molar-refractivity contribution < 1.29 is 22.2 Å². The SMILES string of the molecule is O=S(=O)(O)OOc1ccccc1. The Labute approximate surface area is 69.4 Å². The first-order valence-electron chi connectivity index (χ1n) is 2.96. The van der Waals surface area contributed by atoms with Gasteiger partial charge in [0.15, 0.2) is 5.75 Å². The summed E-state index contributed by atoms with van der Waals surface area (Å²) < 4.78 is 31.8. The van der Waals surface area contributed by atoms with E-state index in [4.69, 9.17) is 4.55 Å². The molecule has 0 unspecified atom stereocenters. The maximum atomic E-state index is 10.0. The quantitative estimate of drug-likeness (QED) is 0.433. The Hall–Kier alpha value is -1.11. The van der Waals surface area contributed by atoms with Crippen LogP contribution in [-0.4, -0.2) is 13.0 Å². The van der Waals surface area contributed by atoms with Gasteiger partial charge in [-0.1, -0.05) is 18.2 Å². The molecule has 1 N–H and O–H groups in total. The van der Waals surface area contributed by atoms with E-state index < -0.39 is 10.4 Å². The van der Waals surface area contributed by atoms with Gasteiger partial charge in [0.1, 0.15) is 0 Å². The zero-order valence-corrected chi connectivity index (χ0v) is 6.69. The first-order valence-corrected chi connectivity index (χ1v) is 4.33. The molecule has 0 aliphatic rings. The van der Waals surface area contributed by atoms with E-state index in [0.717, 1.165) is 0 Å². The molecular formula is C6H6O5S. The van der Waals surface area contributed by atoms with Crippen LogP contribution in [0, 0.1) is 0 Å². The van der Waals surface area contributed by atoms with Gasteiger partial charge in [-0.05, 0) is 16.5 Å². The van der Waals surface area contributed by atoms with Gasteiger partial charge in [0.25, 0.3) is 0 Å². The van der Waals surface area contributed by atoms with E-state index in [9.17, 15) is 8.42 Å². The molecular weight excluding hydrogens is 184 g/mol. The lowest BCUT2D eigenvalue weighted by atomic mass is 10.3. The summed E-state index contributed by atoms with van der Waals surface area (Å²) in [5.41, 5.74) is 0. The highest BCUT2D eigenvalue weighted by Crippen LogP contribution is 2.09. The van der Waals surface area contributed by atoms with Crippen molar-refractivity contribution in [2.75, 3.05) is 0 Å². The third-order valence-electron chi connectivity index (χ3n) is 0.959. The Balaban J connectivity index is 2.56. The lowest BCUT2D eigenvalue weighted by Gasteiger charge is -1.99. The van der Waals surface area contributed by atoms with Gasteiger partial charge in [0.2, 0.25) is 0 Å². The fourth-order valence-electron chi connectivity index (χ4n) is 0.558. The van der Waals surface area contributed by atoms with Crippen LogP contribution in [0.1, 0.15) is 0 Å². The minimum atomic E-state index is -4.54. The van der Waals surface area contributed by atoms with Gasteiger partial charge in [0.05, 0.1) is 0 Å². The molecule has 0 saturated heterocycles. The first-order chi connectivity index (χ1) is 5.58. The van der Waals surface area contributed by atoms with Crippen molar-refractivity contribution in [2.45, 2.75) is 0 Å². The van der Waals surface area contributed by atoms with Gasteiger partial charge in [0, 0.05) is 0 Å². The second kappa shape index (κ2) is 3.53. The van der Waals surface area contributed by atoms with Crippen molar-refractivity contribution in [2.24, 2.45) is 0 Å². The van der Waals surface area contributed by atoms with E-state index in [1.807, 2.05) is 0 Å². The predicted octanol–water partition coefficient (Wildman–Crippen LogP) is 0.800. The highest BCUT2D eigenvalue weighted by atomic mass is 32.3. The van der Waals surface area contributed by atoms with Gasteiger partial charge in [-0.3, -0.25) is 4.55 Å². The Kier molecular flexibility index (Phi) is 2.64. The maximum absolute atomic E-state index is 10.0. The third-order valence-corrected chi connectivity index (χ3v) is 1.20. The Bertz CT molecular complexity index is 330. The second-order valence-electron chi connectivity index (χ2n) is 1.89. The zero-order valence-electron chi connectivity index (χ0n) is 5.88. The molecule has 12 heavy (non-hydrogen) atoms. The molecule has 5 nitrogen and oxygen atoms in total. The van der Waals surface area contributed by atoms with Crippen LogP contribution in [0.25, 0.3) is 0 Å². The molecule has 0 saturated carbocycles. The molecule has 0 bridgehead atoms. The number of benzene rings is 1. The topological polar surface area (TPSA) is 72.8 Å². The second-order valence-corrected chi connectivity index (χ2v) is 2.88. The first kappa shape index (κ1) is 8.98. The summed E-state index contributed by atoms with van der Waals surface area (Å²) in [7, 11) is -4.54. The molecule has 0 atom stereocenters. The molecule has 0 aliphatic heterocycles. The fourth-order valence-corrected chi connectivity index (χ4v) is 0.723. The van der Waals surface area contributed by atoms with Gasteiger partial charge in [-0.2, -0.15) is 8.42 Å². The zero-order chi connectivity index (χ0) is 9.03. The summed E-state index contributed by atoms with van der Waals surface area (Å²) in [5.74, 6) is 0.190. The van der Waals surface area contributed by atoms with Crippen molar-refractivity contribution in [1.29, 1.82) is 0 Å². The van der Waals surface area contributed by atoms with Crippen molar-refractivity contribution >= 4 is 10.4 Å². The molecule has 0 aromatic heterocycles. The molecule has 1 aromatic carbocycles. The van der Waals surface area contributed by atoms with E-state index in [0.29, 0.717) is 0 Å². The standard InChI is InChI=1S/C6H6O5S/c7-12(8,9)11-10-6-4-2-1-3-5-6/h1-5H,(H,7,8,9).